The van der Waals surface area contributed by atoms with Crippen LogP contribution in [-0.4, -0.2) is 54.3 Å². The summed E-state index contributed by atoms with van der Waals surface area (Å²) < 4.78 is 38.0. The van der Waals surface area contributed by atoms with Gasteiger partial charge in [0.05, 0.1) is 5.56 Å². The number of amides is 2. The fourth-order valence-corrected chi connectivity index (χ4v) is 3.58. The van der Waals surface area contributed by atoms with Crippen molar-refractivity contribution in [2.45, 2.75) is 26.1 Å². The molecule has 166 valence electrons. The van der Waals surface area contributed by atoms with Crippen LogP contribution >= 0.6 is 0 Å². The van der Waals surface area contributed by atoms with Gasteiger partial charge in [0.25, 0.3) is 5.91 Å². The van der Waals surface area contributed by atoms with Crippen LogP contribution in [0.25, 0.3) is 0 Å². The van der Waals surface area contributed by atoms with Gasteiger partial charge in [-0.15, -0.1) is 0 Å². The van der Waals surface area contributed by atoms with Crippen LogP contribution in [0.3, 0.4) is 0 Å². The molecule has 0 spiro atoms. The van der Waals surface area contributed by atoms with Crippen LogP contribution in [0.15, 0.2) is 48.5 Å². The van der Waals surface area contributed by atoms with E-state index in [-0.39, 0.29) is 24.8 Å². The van der Waals surface area contributed by atoms with Gasteiger partial charge in [0.15, 0.2) is 0 Å². The summed E-state index contributed by atoms with van der Waals surface area (Å²) in [5, 5.41) is 2.79. The molecule has 1 aliphatic heterocycles. The average Bonchev–Trinajstić information content (AvgIpc) is 2.74. The van der Waals surface area contributed by atoms with Crippen LogP contribution in [-0.2, 0) is 17.5 Å². The van der Waals surface area contributed by atoms with Crippen molar-refractivity contribution in [3.05, 3.63) is 70.8 Å². The maximum absolute atomic E-state index is 12.7. The largest absolute Gasteiger partial charge is 0.416 e. The van der Waals surface area contributed by atoms with Crippen molar-refractivity contribution in [3.63, 3.8) is 0 Å². The molecule has 8 heteroatoms. The quantitative estimate of drug-likeness (QED) is 0.759. The molecule has 0 unspecified atom stereocenters. The number of carbonyl (C=O) groups excluding carboxylic acids is 2. The Bertz CT molecular complexity index is 905. The summed E-state index contributed by atoms with van der Waals surface area (Å²) in [5.41, 5.74) is 1.65. The monoisotopic (exact) mass is 433 g/mol. The fourth-order valence-electron chi connectivity index (χ4n) is 3.58. The van der Waals surface area contributed by atoms with Gasteiger partial charge in [0, 0.05) is 51.3 Å². The van der Waals surface area contributed by atoms with Crippen LogP contribution in [0.2, 0.25) is 0 Å². The summed E-state index contributed by atoms with van der Waals surface area (Å²) in [7, 11) is 0. The molecule has 3 rings (SSSR count). The lowest BCUT2D eigenvalue weighted by Crippen LogP contribution is -2.48. The van der Waals surface area contributed by atoms with E-state index >= 15 is 0 Å². The molecule has 0 radical (unpaired) electrons. The number of carbonyl (C=O) groups is 2. The van der Waals surface area contributed by atoms with Crippen LogP contribution < -0.4 is 5.32 Å². The highest BCUT2D eigenvalue weighted by atomic mass is 19.4. The van der Waals surface area contributed by atoms with E-state index in [1.807, 2.05) is 19.1 Å². The third-order valence-electron chi connectivity index (χ3n) is 5.43. The summed E-state index contributed by atoms with van der Waals surface area (Å²) in [6.45, 7) is 5.12. The minimum Gasteiger partial charge on any atom is -0.352 e. The Morgan fingerprint density at radius 3 is 2.23 bits per heavy atom. The van der Waals surface area contributed by atoms with Gasteiger partial charge in [-0.25, -0.2) is 0 Å². The van der Waals surface area contributed by atoms with Gasteiger partial charge in [0.1, 0.15) is 0 Å². The van der Waals surface area contributed by atoms with Gasteiger partial charge in [0.2, 0.25) is 5.91 Å². The number of aryl methyl sites for hydroxylation is 1. The van der Waals surface area contributed by atoms with Crippen LogP contribution in [0.1, 0.15) is 33.5 Å². The minimum absolute atomic E-state index is 0.0146. The molecule has 2 aromatic rings. The Morgan fingerprint density at radius 2 is 1.61 bits per heavy atom. The zero-order valence-corrected chi connectivity index (χ0v) is 17.4. The average molecular weight is 433 g/mol. The summed E-state index contributed by atoms with van der Waals surface area (Å²) in [6.07, 6.45) is -4.10. The first-order chi connectivity index (χ1) is 14.7. The topological polar surface area (TPSA) is 52.7 Å². The molecule has 0 aromatic heterocycles. The molecule has 0 bridgehead atoms. The summed E-state index contributed by atoms with van der Waals surface area (Å²) in [6, 6.07) is 12.5. The van der Waals surface area contributed by atoms with E-state index in [2.05, 4.69) is 10.2 Å². The second kappa shape index (κ2) is 9.96. The highest BCUT2D eigenvalue weighted by molar-refractivity contribution is 5.95. The first-order valence-electron chi connectivity index (χ1n) is 10.2. The molecular formula is C23H26F3N3O2. The van der Waals surface area contributed by atoms with Crippen molar-refractivity contribution in [1.29, 1.82) is 0 Å². The van der Waals surface area contributed by atoms with Crippen molar-refractivity contribution in [2.75, 3.05) is 32.7 Å². The molecule has 31 heavy (non-hydrogen) atoms. The third-order valence-corrected chi connectivity index (χ3v) is 5.43. The van der Waals surface area contributed by atoms with E-state index in [0.717, 1.165) is 23.3 Å². The number of nitrogens with one attached hydrogen (secondary N) is 1. The van der Waals surface area contributed by atoms with Gasteiger partial charge < -0.3 is 10.2 Å². The lowest BCUT2D eigenvalue weighted by atomic mass is 10.1. The van der Waals surface area contributed by atoms with E-state index in [1.165, 1.54) is 12.1 Å². The Morgan fingerprint density at radius 1 is 0.968 bits per heavy atom. The first kappa shape index (κ1) is 22.8. The summed E-state index contributed by atoms with van der Waals surface area (Å²) in [4.78, 5) is 28.5. The van der Waals surface area contributed by atoms with E-state index in [4.69, 9.17) is 0 Å². The molecule has 2 aromatic carbocycles. The maximum Gasteiger partial charge on any atom is 0.416 e. The standard InChI is InChI=1S/C23H26F3N3O2/c1-17-4-2-3-5-20(17)22(31)27-11-10-21(30)29-14-12-28(13-15-29)16-18-6-8-19(9-7-18)23(24,25)26/h2-9H,10-16H2,1H3,(H,27,31). The van der Waals surface area contributed by atoms with E-state index in [1.54, 1.807) is 17.0 Å². The van der Waals surface area contributed by atoms with Gasteiger partial charge in [-0.05, 0) is 36.2 Å². The van der Waals surface area contributed by atoms with Gasteiger partial charge >= 0.3 is 6.18 Å². The first-order valence-corrected chi connectivity index (χ1v) is 10.2. The highest BCUT2D eigenvalue weighted by Crippen LogP contribution is 2.29. The van der Waals surface area contributed by atoms with Crippen LogP contribution in [0, 0.1) is 6.92 Å². The third kappa shape index (κ3) is 6.30. The second-order valence-corrected chi connectivity index (χ2v) is 7.67. The number of hydrogen-bond acceptors (Lipinski definition) is 3. The molecular weight excluding hydrogens is 407 g/mol. The van der Waals surface area contributed by atoms with Gasteiger partial charge in [-0.2, -0.15) is 13.2 Å². The predicted octanol–water partition coefficient (Wildman–Crippen LogP) is 3.48. The molecule has 0 aliphatic carbocycles. The van der Waals surface area contributed by atoms with Gasteiger partial charge in [-0.1, -0.05) is 30.3 Å². The number of nitrogens with zero attached hydrogens (tertiary/aromatic N) is 2. The molecule has 0 saturated carbocycles. The number of hydrogen-bond donors (Lipinski definition) is 1. The zero-order valence-electron chi connectivity index (χ0n) is 17.4. The molecule has 1 aliphatic rings. The van der Waals surface area contributed by atoms with Crippen LogP contribution in [0.4, 0.5) is 13.2 Å². The van der Waals surface area contributed by atoms with Crippen molar-refractivity contribution in [1.82, 2.24) is 15.1 Å². The van der Waals surface area contributed by atoms with E-state index in [9.17, 15) is 22.8 Å². The number of benzene rings is 2. The van der Waals surface area contributed by atoms with Crippen molar-refractivity contribution >= 4 is 11.8 Å². The molecule has 1 heterocycles. The highest BCUT2D eigenvalue weighted by Gasteiger charge is 2.30. The summed E-state index contributed by atoms with van der Waals surface area (Å²) in [5.74, 6) is -0.202. The van der Waals surface area contributed by atoms with Crippen LogP contribution in [0.5, 0.6) is 0 Å². The molecule has 5 nitrogen and oxygen atoms in total. The molecule has 2 amide bonds. The zero-order chi connectivity index (χ0) is 22.4. The predicted molar refractivity (Wildman–Crippen MR) is 111 cm³/mol. The molecule has 0 atom stereocenters. The van der Waals surface area contributed by atoms with Gasteiger partial charge in [-0.3, -0.25) is 14.5 Å². The normalized spacial score (nSPS) is 15.0. The lowest BCUT2D eigenvalue weighted by molar-refractivity contribution is -0.137. The molecule has 1 fully saturated rings. The van der Waals surface area contributed by atoms with E-state index < -0.39 is 11.7 Å². The number of rotatable bonds is 6. The number of piperazine rings is 1. The van der Waals surface area contributed by atoms with Crippen molar-refractivity contribution in [3.8, 4) is 0 Å². The Labute approximate surface area is 179 Å². The molecule has 1 saturated heterocycles. The van der Waals surface area contributed by atoms with Crippen molar-refractivity contribution < 1.29 is 22.8 Å². The smallest absolute Gasteiger partial charge is 0.352 e. The Hall–Kier alpha value is -2.87. The molecule has 1 N–H and O–H groups in total. The summed E-state index contributed by atoms with van der Waals surface area (Å²) >= 11 is 0. The van der Waals surface area contributed by atoms with Crippen molar-refractivity contribution in [2.24, 2.45) is 0 Å². The maximum atomic E-state index is 12.7. The SMILES string of the molecule is Cc1ccccc1C(=O)NCCC(=O)N1CCN(Cc2ccc(C(F)(F)F)cc2)CC1. The van der Waals surface area contributed by atoms with E-state index in [0.29, 0.717) is 38.3 Å². The minimum atomic E-state index is -4.33. The Kier molecular flexibility index (Phi) is 7.33. The number of halogens is 3. The second-order valence-electron chi connectivity index (χ2n) is 7.67. The number of alkyl halides is 3. The fraction of sp³-hybridized carbons (Fsp3) is 0.391. The lowest BCUT2D eigenvalue weighted by Gasteiger charge is -2.35. The Balaban J connectivity index is 1.39.